The molecule has 0 saturated heterocycles. The molecule has 0 N–H and O–H groups in total. The van der Waals surface area contributed by atoms with E-state index in [-0.39, 0.29) is 34.6 Å². The van der Waals surface area contributed by atoms with Gasteiger partial charge in [0.2, 0.25) is 0 Å². The summed E-state index contributed by atoms with van der Waals surface area (Å²) >= 11 is 0.00409. The van der Waals surface area contributed by atoms with Crippen LogP contribution in [-0.2, 0) is 20.1 Å². The minimum absolute atomic E-state index is 0. The van der Waals surface area contributed by atoms with E-state index in [1.165, 1.54) is 48.8 Å². The standard InChI is InChI=1S/C43H34NOSe.C13H12N.Ir/c1-26(2)36-24-31(30-22-20-29(21-23-30)28-12-6-5-7-13-28)25-37(27(3)4)40(36)34-16-11-18-38-42(34)46-43(44-38)35-17-10-15-33-32-14-8-9-19-39(32)45-41(33)35;1-11-7-3-4-8-12(11)13-9-5-6-10-14(13)2;/h5-16,18-27H,1-4H3;3-10H,1-2H2;/q2*-1;+3. The largest absolute Gasteiger partial charge is 3.00 e. The Kier molecular flexibility index (Phi) is 12.3. The second kappa shape index (κ2) is 18.0. The van der Waals surface area contributed by atoms with Crippen LogP contribution in [0.4, 0.5) is 0 Å². The van der Waals surface area contributed by atoms with Gasteiger partial charge in [0.25, 0.3) is 0 Å². The van der Waals surface area contributed by atoms with Gasteiger partial charge in [-0.15, -0.1) is 17.7 Å². The number of pyridine rings is 1. The first kappa shape index (κ1) is 41.8. The van der Waals surface area contributed by atoms with Gasteiger partial charge in [-0.3, -0.25) is 0 Å². The molecule has 0 saturated carbocycles. The van der Waals surface area contributed by atoms with Crippen LogP contribution in [0.2, 0.25) is 0 Å². The molecule has 3 nitrogen and oxygen atoms in total. The smallest absolute Gasteiger partial charge is 0.343 e. The molecule has 0 aliphatic heterocycles. The Morgan fingerprint density at radius 1 is 0.623 bits per heavy atom. The van der Waals surface area contributed by atoms with Crippen LogP contribution in [0.25, 0.3) is 86.5 Å². The van der Waals surface area contributed by atoms with E-state index in [0.29, 0.717) is 11.8 Å². The van der Waals surface area contributed by atoms with Crippen molar-refractivity contribution in [2.75, 3.05) is 0 Å². The van der Waals surface area contributed by atoms with Crippen LogP contribution >= 0.6 is 0 Å². The van der Waals surface area contributed by atoms with E-state index >= 15 is 0 Å². The molecule has 10 aromatic rings. The van der Waals surface area contributed by atoms with Gasteiger partial charge >= 0.3 is 279 Å². The van der Waals surface area contributed by atoms with Crippen LogP contribution in [0.3, 0.4) is 0 Å². The first-order valence-corrected chi connectivity index (χ1v) is 22.2. The maximum absolute atomic E-state index is 6.40. The topological polar surface area (TPSA) is 29.9 Å². The SMILES string of the molecule is CC(C)c1cc(-c2ccc(-c3ccccc3)cc2)cc(C(C)C)c1-c1cccc2nc(-c3[c-]ccc4c3oc3ccccc34)[se]c12.[CH2-]c1ccccc1-c1cccc[n+]1[CH2-].[Ir+3]. The molecule has 0 atom stereocenters. The molecule has 3 aromatic heterocycles. The zero-order chi connectivity index (χ0) is 41.3. The molecule has 0 aliphatic rings. The molecule has 5 heteroatoms. The fraction of sp³-hybridized carbons (Fsp3) is 0.107. The average Bonchev–Trinajstić information content (AvgIpc) is 3.89. The summed E-state index contributed by atoms with van der Waals surface area (Å²) in [6.45, 7) is 13.3. The van der Waals surface area contributed by atoms with Gasteiger partial charge in [-0.1, -0.05) is 42.5 Å². The average molecular weight is 1030 g/mol. The van der Waals surface area contributed by atoms with Crippen LogP contribution in [0, 0.1) is 20.0 Å². The third-order valence-electron chi connectivity index (χ3n) is 11.2. The van der Waals surface area contributed by atoms with Crippen molar-refractivity contribution in [3.8, 4) is 54.8 Å². The van der Waals surface area contributed by atoms with Crippen molar-refractivity contribution in [2.45, 2.75) is 39.5 Å². The quantitative estimate of drug-likeness (QED) is 0.0904. The molecule has 300 valence electrons. The zero-order valence-corrected chi connectivity index (χ0v) is 38.9. The Balaban J connectivity index is 0.000000291. The van der Waals surface area contributed by atoms with Crippen molar-refractivity contribution in [2.24, 2.45) is 0 Å². The monoisotopic (exact) mass is 1040 g/mol. The number of fused-ring (bicyclic) bond motifs is 4. The van der Waals surface area contributed by atoms with Gasteiger partial charge in [-0.05, 0) is 0 Å². The number of para-hydroxylation sites is 1. The summed E-state index contributed by atoms with van der Waals surface area (Å²) in [7, 11) is 3.93. The van der Waals surface area contributed by atoms with Crippen molar-refractivity contribution in [3.05, 3.63) is 207 Å². The molecule has 10 rings (SSSR count). The molecule has 7 aromatic carbocycles. The molecule has 0 aliphatic carbocycles. The van der Waals surface area contributed by atoms with E-state index in [9.17, 15) is 0 Å². The predicted octanol–water partition coefficient (Wildman–Crippen LogP) is 14.4. The van der Waals surface area contributed by atoms with Crippen molar-refractivity contribution in [1.82, 2.24) is 4.98 Å². The molecule has 61 heavy (non-hydrogen) atoms. The van der Waals surface area contributed by atoms with Crippen LogP contribution in [0.15, 0.2) is 174 Å². The second-order valence-electron chi connectivity index (χ2n) is 15.9. The fourth-order valence-electron chi connectivity index (χ4n) is 8.15. The van der Waals surface area contributed by atoms with Crippen molar-refractivity contribution in [3.63, 3.8) is 0 Å². The van der Waals surface area contributed by atoms with Crippen molar-refractivity contribution in [1.29, 1.82) is 0 Å². The summed E-state index contributed by atoms with van der Waals surface area (Å²) in [6.07, 6.45) is 1.93. The molecule has 0 unspecified atom stereocenters. The molecule has 0 amide bonds. The van der Waals surface area contributed by atoms with Crippen LogP contribution in [0.5, 0.6) is 0 Å². The molecule has 0 fully saturated rings. The van der Waals surface area contributed by atoms with Gasteiger partial charge in [0.05, 0.1) is 11.9 Å². The second-order valence-corrected chi connectivity index (χ2v) is 18.0. The first-order chi connectivity index (χ1) is 29.2. The molecule has 3 heterocycles. The van der Waals surface area contributed by atoms with Gasteiger partial charge in [0.1, 0.15) is 0 Å². The Bertz CT molecular complexity index is 3050. The Labute approximate surface area is 378 Å². The molecule has 0 spiro atoms. The minimum Gasteiger partial charge on any atom is -0.343 e. The molecule has 0 radical (unpaired) electrons. The van der Waals surface area contributed by atoms with E-state index in [2.05, 4.69) is 157 Å². The van der Waals surface area contributed by atoms with E-state index in [1.54, 1.807) is 0 Å². The van der Waals surface area contributed by atoms with Gasteiger partial charge in [-0.25, -0.2) is 0 Å². The van der Waals surface area contributed by atoms with E-state index in [4.69, 9.17) is 9.40 Å². The first-order valence-electron chi connectivity index (χ1n) is 20.5. The predicted molar refractivity (Wildman–Crippen MR) is 252 cm³/mol. The summed E-state index contributed by atoms with van der Waals surface area (Å²) in [5.41, 5.74) is 17.5. The Hall–Kier alpha value is -5.93. The van der Waals surface area contributed by atoms with Crippen molar-refractivity contribution >= 4 is 46.2 Å². The Morgan fingerprint density at radius 3 is 1.95 bits per heavy atom. The van der Waals surface area contributed by atoms with E-state index < -0.39 is 0 Å². The summed E-state index contributed by atoms with van der Waals surface area (Å²) in [6, 6.07) is 61.1. The zero-order valence-electron chi connectivity index (χ0n) is 34.8. The van der Waals surface area contributed by atoms with Crippen LogP contribution < -0.4 is 4.57 Å². The normalized spacial score (nSPS) is 11.2. The molecule has 0 bridgehead atoms. The Morgan fingerprint density at radius 2 is 1.25 bits per heavy atom. The number of rotatable bonds is 7. The van der Waals surface area contributed by atoms with Crippen LogP contribution in [-0.4, -0.2) is 19.5 Å². The minimum atomic E-state index is 0. The van der Waals surface area contributed by atoms with Gasteiger partial charge in [0.15, 0.2) is 0 Å². The molecular formula is C56H46IrN2OSe+. The van der Waals surface area contributed by atoms with Gasteiger partial charge in [0, 0.05) is 7.05 Å². The third-order valence-corrected chi connectivity index (χ3v) is 13.6. The number of hydrogen-bond acceptors (Lipinski definition) is 2. The number of furan rings is 1. The molecular weight excluding hydrogens is 988 g/mol. The number of benzene rings is 7. The van der Waals surface area contributed by atoms with Crippen LogP contribution in [0.1, 0.15) is 56.2 Å². The van der Waals surface area contributed by atoms with Gasteiger partial charge < -0.3 is 4.57 Å². The fourth-order valence-corrected chi connectivity index (χ4v) is 10.4. The number of hydrogen-bond donors (Lipinski definition) is 0. The summed E-state index contributed by atoms with van der Waals surface area (Å²) < 4.78 is 10.7. The maximum atomic E-state index is 6.40. The number of nitrogens with zero attached hydrogens (tertiary/aromatic N) is 2. The number of aromatic nitrogens is 2. The summed E-state index contributed by atoms with van der Waals surface area (Å²) in [5, 5.41) is 2.26. The van der Waals surface area contributed by atoms with E-state index in [1.807, 2.05) is 65.4 Å². The maximum Gasteiger partial charge on any atom is 3.00 e. The third kappa shape index (κ3) is 8.28. The summed E-state index contributed by atoms with van der Waals surface area (Å²) in [5.74, 6) is 0.720. The summed E-state index contributed by atoms with van der Waals surface area (Å²) in [4.78, 5) is 5.23. The van der Waals surface area contributed by atoms with Crippen molar-refractivity contribution < 1.29 is 29.1 Å². The van der Waals surface area contributed by atoms with E-state index in [0.717, 1.165) is 54.4 Å². The van der Waals surface area contributed by atoms with Gasteiger partial charge in [-0.2, -0.15) is 18.6 Å².